The molecule has 1 aliphatic heterocycles. The summed E-state index contributed by atoms with van der Waals surface area (Å²) in [7, 11) is 1.60. The molecular formula is C25H33N3O3. The fourth-order valence-electron chi connectivity index (χ4n) is 3.63. The monoisotopic (exact) mass is 423 g/mol. The third-order valence-electron chi connectivity index (χ3n) is 5.45. The minimum absolute atomic E-state index is 0.170. The van der Waals surface area contributed by atoms with E-state index in [0.29, 0.717) is 18.1 Å². The molecule has 6 nitrogen and oxygen atoms in total. The molecule has 1 aliphatic rings. The molecule has 166 valence electrons. The molecule has 1 fully saturated rings. The first-order valence-electron chi connectivity index (χ1n) is 10.9. The molecule has 0 spiro atoms. The largest absolute Gasteiger partial charge is 0.493 e. The summed E-state index contributed by atoms with van der Waals surface area (Å²) in [4.78, 5) is 17.3. The van der Waals surface area contributed by atoms with Gasteiger partial charge in [0.1, 0.15) is 0 Å². The van der Waals surface area contributed by atoms with E-state index in [9.17, 15) is 4.79 Å². The lowest BCUT2D eigenvalue weighted by Crippen LogP contribution is -2.45. The molecular weight excluding hydrogens is 390 g/mol. The van der Waals surface area contributed by atoms with Gasteiger partial charge in [-0.05, 0) is 54.9 Å². The van der Waals surface area contributed by atoms with E-state index in [1.807, 2.05) is 37.3 Å². The maximum atomic E-state index is 12.3. The highest BCUT2D eigenvalue weighted by Gasteiger charge is 2.15. The van der Waals surface area contributed by atoms with E-state index in [1.54, 1.807) is 13.2 Å². The van der Waals surface area contributed by atoms with Crippen LogP contribution in [0.25, 0.3) is 6.08 Å². The molecule has 1 saturated heterocycles. The molecule has 3 rings (SSSR count). The minimum Gasteiger partial charge on any atom is -0.493 e. The summed E-state index contributed by atoms with van der Waals surface area (Å²) >= 11 is 0. The van der Waals surface area contributed by atoms with E-state index in [4.69, 9.17) is 9.47 Å². The lowest BCUT2D eigenvalue weighted by atomic mass is 10.1. The second-order valence-corrected chi connectivity index (χ2v) is 7.57. The van der Waals surface area contributed by atoms with Crippen LogP contribution in [-0.2, 0) is 11.3 Å². The van der Waals surface area contributed by atoms with Gasteiger partial charge in [0.25, 0.3) is 0 Å². The highest BCUT2D eigenvalue weighted by Crippen LogP contribution is 2.28. The Morgan fingerprint density at radius 3 is 2.35 bits per heavy atom. The van der Waals surface area contributed by atoms with Crippen molar-refractivity contribution in [3.63, 3.8) is 0 Å². The number of carbonyl (C=O) groups is 1. The van der Waals surface area contributed by atoms with E-state index in [-0.39, 0.29) is 5.91 Å². The van der Waals surface area contributed by atoms with Gasteiger partial charge in [-0.15, -0.1) is 0 Å². The molecule has 0 saturated carbocycles. The molecule has 0 radical (unpaired) electrons. The van der Waals surface area contributed by atoms with Crippen molar-refractivity contribution in [1.29, 1.82) is 0 Å². The summed E-state index contributed by atoms with van der Waals surface area (Å²) in [5.41, 5.74) is 2.92. The molecule has 0 bridgehead atoms. The number of nitrogens with zero attached hydrogens (tertiary/aromatic N) is 2. The fourth-order valence-corrected chi connectivity index (χ4v) is 3.63. The summed E-state index contributed by atoms with van der Waals surface area (Å²) in [5.74, 6) is 1.17. The number of anilines is 1. The number of amides is 1. The third-order valence-corrected chi connectivity index (χ3v) is 5.45. The fraction of sp³-hybridized carbons (Fsp3) is 0.400. The topological polar surface area (TPSA) is 54.0 Å². The number of ether oxygens (including phenoxy) is 2. The van der Waals surface area contributed by atoms with Gasteiger partial charge >= 0.3 is 0 Å². The van der Waals surface area contributed by atoms with E-state index in [2.05, 4.69) is 34.2 Å². The van der Waals surface area contributed by atoms with Crippen LogP contribution in [0.3, 0.4) is 0 Å². The molecule has 0 atom stereocenters. The number of piperazine rings is 1. The van der Waals surface area contributed by atoms with Crippen molar-refractivity contribution in [1.82, 2.24) is 9.80 Å². The highest BCUT2D eigenvalue weighted by atomic mass is 16.5. The molecule has 0 aromatic heterocycles. The Labute approximate surface area is 185 Å². The molecule has 31 heavy (non-hydrogen) atoms. The maximum Gasteiger partial charge on any atom is 0.248 e. The van der Waals surface area contributed by atoms with Crippen molar-refractivity contribution in [3.8, 4) is 11.5 Å². The van der Waals surface area contributed by atoms with Gasteiger partial charge in [-0.25, -0.2) is 0 Å². The maximum absolute atomic E-state index is 12.3. The zero-order chi connectivity index (χ0) is 22.1. The lowest BCUT2D eigenvalue weighted by Gasteiger charge is -2.34. The Bertz CT molecular complexity index is 872. The van der Waals surface area contributed by atoms with Crippen LogP contribution in [0, 0.1) is 0 Å². The predicted octanol–water partition coefficient (Wildman–Crippen LogP) is 3.88. The zero-order valence-corrected chi connectivity index (χ0v) is 18.8. The standard InChI is InChI=1S/C25H33N3O3/c1-4-27-14-16-28(17-15-27)19-21-6-10-22(11-7-21)26-25(29)13-9-20-8-12-23(31-5-2)24(18-20)30-3/h6-13,18H,4-5,14-17,19H2,1-3H3,(H,26,29)/b13-9+. The summed E-state index contributed by atoms with van der Waals surface area (Å²) in [6.45, 7) is 11.3. The number of rotatable bonds is 9. The van der Waals surface area contributed by atoms with Crippen LogP contribution in [0.15, 0.2) is 48.5 Å². The van der Waals surface area contributed by atoms with Crippen LogP contribution in [0.1, 0.15) is 25.0 Å². The second kappa shape index (κ2) is 11.5. The average Bonchev–Trinajstić information content (AvgIpc) is 2.80. The number of likely N-dealkylation sites (N-methyl/N-ethyl adjacent to an activating group) is 1. The van der Waals surface area contributed by atoms with Crippen molar-refractivity contribution in [3.05, 3.63) is 59.7 Å². The number of methoxy groups -OCH3 is 1. The molecule has 0 aliphatic carbocycles. The van der Waals surface area contributed by atoms with Gasteiger partial charge in [0.15, 0.2) is 11.5 Å². The average molecular weight is 424 g/mol. The number of hydrogen-bond acceptors (Lipinski definition) is 5. The van der Waals surface area contributed by atoms with Crippen LogP contribution in [0.5, 0.6) is 11.5 Å². The zero-order valence-electron chi connectivity index (χ0n) is 18.8. The molecule has 1 amide bonds. The Hall–Kier alpha value is -2.83. The Kier molecular flexibility index (Phi) is 8.50. The summed E-state index contributed by atoms with van der Waals surface area (Å²) in [6.07, 6.45) is 3.29. The van der Waals surface area contributed by atoms with Crippen LogP contribution >= 0.6 is 0 Å². The van der Waals surface area contributed by atoms with E-state index in [0.717, 1.165) is 50.5 Å². The predicted molar refractivity (Wildman–Crippen MR) is 126 cm³/mol. The van der Waals surface area contributed by atoms with E-state index >= 15 is 0 Å². The molecule has 2 aromatic rings. The lowest BCUT2D eigenvalue weighted by molar-refractivity contribution is -0.111. The molecule has 2 aromatic carbocycles. The Morgan fingerprint density at radius 2 is 1.71 bits per heavy atom. The number of hydrogen-bond donors (Lipinski definition) is 1. The quantitative estimate of drug-likeness (QED) is 0.621. The van der Waals surface area contributed by atoms with Crippen molar-refractivity contribution in [2.75, 3.05) is 51.8 Å². The summed E-state index contributed by atoms with van der Waals surface area (Å²) in [5, 5.41) is 2.91. The van der Waals surface area contributed by atoms with Crippen LogP contribution in [-0.4, -0.2) is 62.1 Å². The van der Waals surface area contributed by atoms with Gasteiger partial charge in [0.2, 0.25) is 5.91 Å². The van der Waals surface area contributed by atoms with Crippen molar-refractivity contribution in [2.24, 2.45) is 0 Å². The first-order chi connectivity index (χ1) is 15.1. The van der Waals surface area contributed by atoms with Crippen molar-refractivity contribution < 1.29 is 14.3 Å². The summed E-state index contributed by atoms with van der Waals surface area (Å²) < 4.78 is 10.9. The molecule has 1 N–H and O–H groups in total. The van der Waals surface area contributed by atoms with Gasteiger partial charge in [-0.1, -0.05) is 25.1 Å². The SMILES string of the molecule is CCOc1ccc(/C=C/C(=O)Nc2ccc(CN3CCN(CC)CC3)cc2)cc1OC. The first-order valence-corrected chi connectivity index (χ1v) is 10.9. The van der Waals surface area contributed by atoms with Gasteiger partial charge in [0.05, 0.1) is 13.7 Å². The number of benzene rings is 2. The smallest absolute Gasteiger partial charge is 0.248 e. The number of nitrogens with one attached hydrogen (secondary N) is 1. The van der Waals surface area contributed by atoms with Gasteiger partial charge in [0, 0.05) is 44.5 Å². The molecule has 0 unspecified atom stereocenters. The molecule has 1 heterocycles. The first kappa shape index (κ1) is 22.8. The van der Waals surface area contributed by atoms with Gasteiger partial charge in [-0.3, -0.25) is 9.69 Å². The Balaban J connectivity index is 1.51. The third kappa shape index (κ3) is 6.84. The van der Waals surface area contributed by atoms with Gasteiger partial charge in [-0.2, -0.15) is 0 Å². The highest BCUT2D eigenvalue weighted by molar-refractivity contribution is 6.01. The van der Waals surface area contributed by atoms with Crippen LogP contribution < -0.4 is 14.8 Å². The Morgan fingerprint density at radius 1 is 1.00 bits per heavy atom. The summed E-state index contributed by atoms with van der Waals surface area (Å²) in [6, 6.07) is 13.7. The molecule has 6 heteroatoms. The van der Waals surface area contributed by atoms with Crippen LogP contribution in [0.2, 0.25) is 0 Å². The van der Waals surface area contributed by atoms with Crippen molar-refractivity contribution >= 4 is 17.7 Å². The second-order valence-electron chi connectivity index (χ2n) is 7.57. The minimum atomic E-state index is -0.170. The normalized spacial score (nSPS) is 15.2. The van der Waals surface area contributed by atoms with E-state index < -0.39 is 0 Å². The van der Waals surface area contributed by atoms with Crippen molar-refractivity contribution in [2.45, 2.75) is 20.4 Å². The van der Waals surface area contributed by atoms with Crippen LogP contribution in [0.4, 0.5) is 5.69 Å². The van der Waals surface area contributed by atoms with Gasteiger partial charge < -0.3 is 19.7 Å². The van der Waals surface area contributed by atoms with E-state index in [1.165, 1.54) is 11.6 Å². The number of carbonyl (C=O) groups excluding carboxylic acids is 1.